The minimum Gasteiger partial charge on any atom is -0.497 e. The summed E-state index contributed by atoms with van der Waals surface area (Å²) in [6.07, 6.45) is 1.19. The van der Waals surface area contributed by atoms with Crippen LogP contribution in [0.2, 0.25) is 0 Å². The van der Waals surface area contributed by atoms with E-state index < -0.39 is 35.1 Å². The van der Waals surface area contributed by atoms with Crippen LogP contribution < -0.4 is 15.4 Å². The van der Waals surface area contributed by atoms with Crippen LogP contribution in [0.3, 0.4) is 0 Å². The van der Waals surface area contributed by atoms with E-state index in [-0.39, 0.29) is 36.2 Å². The van der Waals surface area contributed by atoms with Crippen molar-refractivity contribution in [2.45, 2.75) is 63.8 Å². The van der Waals surface area contributed by atoms with Gasteiger partial charge in [0, 0.05) is 12.7 Å². The molecule has 3 amide bonds. The van der Waals surface area contributed by atoms with Crippen molar-refractivity contribution in [3.63, 3.8) is 0 Å². The van der Waals surface area contributed by atoms with Gasteiger partial charge in [-0.1, -0.05) is 27.2 Å². The molecule has 3 aliphatic rings. The third kappa shape index (κ3) is 3.62. The first-order chi connectivity index (χ1) is 16.6. The van der Waals surface area contributed by atoms with Gasteiger partial charge < -0.3 is 30.1 Å². The summed E-state index contributed by atoms with van der Waals surface area (Å²) >= 11 is 0. The molecule has 0 aromatic heterocycles. The highest BCUT2D eigenvalue weighted by molar-refractivity contribution is 6.04. The number of rotatable bonds is 8. The van der Waals surface area contributed by atoms with Crippen molar-refractivity contribution in [2.75, 3.05) is 26.1 Å². The van der Waals surface area contributed by atoms with Crippen LogP contribution in [0.5, 0.6) is 5.75 Å². The number of hydrogen-bond donors (Lipinski definition) is 3. The number of aliphatic hydroxyl groups is 1. The van der Waals surface area contributed by atoms with Crippen molar-refractivity contribution in [3.05, 3.63) is 24.3 Å². The molecule has 192 valence electrons. The van der Waals surface area contributed by atoms with Crippen molar-refractivity contribution in [3.8, 4) is 5.75 Å². The summed E-state index contributed by atoms with van der Waals surface area (Å²) < 4.78 is 11.9. The summed E-state index contributed by atoms with van der Waals surface area (Å²) in [5.74, 6) is -1.91. The van der Waals surface area contributed by atoms with Gasteiger partial charge in [-0.3, -0.25) is 14.4 Å². The first kappa shape index (κ1) is 25.4. The third-order valence-corrected chi connectivity index (χ3v) is 8.73. The molecule has 3 N–H and O–H groups in total. The molecule has 2 bridgehead atoms. The molecular weight excluding hydrogens is 450 g/mol. The number of methoxy groups -OCH3 is 1. The lowest BCUT2D eigenvalue weighted by Gasteiger charge is -2.39. The Labute approximate surface area is 206 Å². The largest absolute Gasteiger partial charge is 0.497 e. The van der Waals surface area contributed by atoms with E-state index in [0.717, 1.165) is 0 Å². The summed E-state index contributed by atoms with van der Waals surface area (Å²) in [4.78, 5) is 42.6. The summed E-state index contributed by atoms with van der Waals surface area (Å²) in [5, 5.41) is 16.0. The fourth-order valence-electron chi connectivity index (χ4n) is 6.59. The molecule has 3 unspecified atom stereocenters. The van der Waals surface area contributed by atoms with Crippen molar-refractivity contribution < 1.29 is 29.0 Å². The standard InChI is InChI=1S/C26H37N3O6/c1-7-14(2)18(13-30)29-21(23(32)28-16-8-10-17(34-6)11-9-16)26-12-15(3)25(4,35-26)19(22(31)27-5)20(26)24(29)33/h8-11,14-15,18-21,30H,7,12-13H2,1-6H3,(H,27,31)(H,28,32)/t14-,15?,18-,19-,20-,21?,25+,26?/m0/s1. The lowest BCUT2D eigenvalue weighted by Crippen LogP contribution is -2.57. The summed E-state index contributed by atoms with van der Waals surface area (Å²) in [7, 11) is 3.12. The Hall–Kier alpha value is -2.65. The topological polar surface area (TPSA) is 117 Å². The van der Waals surface area contributed by atoms with Crippen molar-refractivity contribution in [1.82, 2.24) is 10.2 Å². The van der Waals surface area contributed by atoms with Crippen LogP contribution in [-0.4, -0.2) is 71.8 Å². The molecular formula is C26H37N3O6. The van der Waals surface area contributed by atoms with E-state index in [9.17, 15) is 19.5 Å². The molecule has 3 saturated heterocycles. The molecule has 35 heavy (non-hydrogen) atoms. The SMILES string of the molecule is CC[C@H](C)[C@H](CO)N1C(=O)[C@@H]2[C@@H](C(=O)NC)[C@]3(C)OC2(CC3C)C1C(=O)Nc1ccc(OC)cc1. The van der Waals surface area contributed by atoms with Gasteiger partial charge in [0.05, 0.1) is 37.2 Å². The van der Waals surface area contributed by atoms with Gasteiger partial charge in [-0.15, -0.1) is 0 Å². The minimum atomic E-state index is -1.15. The Bertz CT molecular complexity index is 999. The first-order valence-electron chi connectivity index (χ1n) is 12.4. The smallest absolute Gasteiger partial charge is 0.250 e. The number of fused-ring (bicyclic) bond motifs is 1. The van der Waals surface area contributed by atoms with Gasteiger partial charge in [0.2, 0.25) is 17.7 Å². The van der Waals surface area contributed by atoms with Crippen LogP contribution in [0.25, 0.3) is 0 Å². The zero-order valence-electron chi connectivity index (χ0n) is 21.3. The number of carbonyl (C=O) groups is 3. The normalized spacial score (nSPS) is 34.9. The van der Waals surface area contributed by atoms with E-state index in [2.05, 4.69) is 10.6 Å². The van der Waals surface area contributed by atoms with E-state index in [1.54, 1.807) is 38.4 Å². The Kier molecular flexibility index (Phi) is 6.61. The maximum Gasteiger partial charge on any atom is 0.250 e. The van der Waals surface area contributed by atoms with Crippen molar-refractivity contribution in [2.24, 2.45) is 23.7 Å². The second-order valence-corrected chi connectivity index (χ2v) is 10.4. The zero-order valence-corrected chi connectivity index (χ0v) is 21.3. The molecule has 3 fully saturated rings. The summed E-state index contributed by atoms with van der Waals surface area (Å²) in [5.41, 5.74) is -1.46. The van der Waals surface area contributed by atoms with Crippen LogP contribution in [0.4, 0.5) is 5.69 Å². The second-order valence-electron chi connectivity index (χ2n) is 10.4. The summed E-state index contributed by atoms with van der Waals surface area (Å²) in [6.45, 7) is 7.53. The molecule has 3 heterocycles. The van der Waals surface area contributed by atoms with Crippen molar-refractivity contribution >= 4 is 23.4 Å². The lowest BCUT2D eigenvalue weighted by molar-refractivity contribution is -0.150. The van der Waals surface area contributed by atoms with Crippen LogP contribution in [0.15, 0.2) is 24.3 Å². The van der Waals surface area contributed by atoms with Gasteiger partial charge in [-0.25, -0.2) is 0 Å². The summed E-state index contributed by atoms with van der Waals surface area (Å²) in [6, 6.07) is 5.39. The van der Waals surface area contributed by atoms with Gasteiger partial charge in [0.1, 0.15) is 17.4 Å². The Morgan fingerprint density at radius 3 is 2.49 bits per heavy atom. The zero-order chi connectivity index (χ0) is 25.7. The number of nitrogens with zero attached hydrogens (tertiary/aromatic N) is 1. The molecule has 1 aromatic carbocycles. The van der Waals surface area contributed by atoms with Crippen LogP contribution >= 0.6 is 0 Å². The number of aliphatic hydroxyl groups excluding tert-OH is 1. The Balaban J connectivity index is 1.80. The number of nitrogens with one attached hydrogen (secondary N) is 2. The molecule has 9 heteroatoms. The van der Waals surface area contributed by atoms with Crippen LogP contribution in [0, 0.1) is 23.7 Å². The number of hydrogen-bond acceptors (Lipinski definition) is 6. The van der Waals surface area contributed by atoms with Gasteiger partial charge >= 0.3 is 0 Å². The van der Waals surface area contributed by atoms with E-state index >= 15 is 0 Å². The van der Waals surface area contributed by atoms with E-state index in [0.29, 0.717) is 24.3 Å². The maximum absolute atomic E-state index is 14.1. The highest BCUT2D eigenvalue weighted by Crippen LogP contribution is 2.65. The second kappa shape index (κ2) is 9.09. The van der Waals surface area contributed by atoms with Gasteiger partial charge in [-0.05, 0) is 49.4 Å². The first-order valence-corrected chi connectivity index (χ1v) is 12.4. The van der Waals surface area contributed by atoms with Crippen LogP contribution in [-0.2, 0) is 19.1 Å². The van der Waals surface area contributed by atoms with Gasteiger partial charge in [0.25, 0.3) is 0 Å². The molecule has 1 aromatic rings. The average Bonchev–Trinajstić information content (AvgIpc) is 3.36. The maximum atomic E-state index is 14.1. The number of benzene rings is 1. The molecule has 8 atom stereocenters. The molecule has 0 aliphatic carbocycles. The number of ether oxygens (including phenoxy) is 2. The fourth-order valence-corrected chi connectivity index (χ4v) is 6.59. The number of likely N-dealkylation sites (tertiary alicyclic amines) is 1. The predicted molar refractivity (Wildman–Crippen MR) is 130 cm³/mol. The molecule has 9 nitrogen and oxygen atoms in total. The average molecular weight is 488 g/mol. The fraction of sp³-hybridized carbons (Fsp3) is 0.654. The van der Waals surface area contributed by atoms with E-state index in [1.165, 1.54) is 4.90 Å². The Morgan fingerprint density at radius 1 is 1.29 bits per heavy atom. The molecule has 3 aliphatic heterocycles. The highest BCUT2D eigenvalue weighted by Gasteiger charge is 2.80. The molecule has 1 spiro atoms. The number of amides is 3. The predicted octanol–water partition coefficient (Wildman–Crippen LogP) is 1.80. The van der Waals surface area contributed by atoms with Crippen LogP contribution in [0.1, 0.15) is 40.5 Å². The highest BCUT2D eigenvalue weighted by atomic mass is 16.5. The van der Waals surface area contributed by atoms with E-state index in [1.807, 2.05) is 27.7 Å². The Morgan fingerprint density at radius 2 is 1.94 bits per heavy atom. The quantitative estimate of drug-likeness (QED) is 0.515. The molecule has 4 rings (SSSR count). The lowest BCUT2D eigenvalue weighted by atomic mass is 9.62. The minimum absolute atomic E-state index is 0.0405. The number of anilines is 1. The number of carbonyl (C=O) groups excluding carboxylic acids is 3. The van der Waals surface area contributed by atoms with Crippen molar-refractivity contribution in [1.29, 1.82) is 0 Å². The van der Waals surface area contributed by atoms with Gasteiger partial charge in [0.15, 0.2) is 0 Å². The monoisotopic (exact) mass is 487 g/mol. The molecule has 0 radical (unpaired) electrons. The van der Waals surface area contributed by atoms with E-state index in [4.69, 9.17) is 9.47 Å². The third-order valence-electron chi connectivity index (χ3n) is 8.73. The van der Waals surface area contributed by atoms with Gasteiger partial charge in [-0.2, -0.15) is 0 Å². The molecule has 0 saturated carbocycles.